The first-order valence-electron chi connectivity index (χ1n) is 7.11. The van der Waals surface area contributed by atoms with Gasteiger partial charge >= 0.3 is 17.9 Å². The molecule has 24 heavy (non-hydrogen) atoms. The van der Waals surface area contributed by atoms with Gasteiger partial charge in [0.1, 0.15) is 11.3 Å². The van der Waals surface area contributed by atoms with E-state index in [1.807, 2.05) is 30.3 Å². The minimum absolute atomic E-state index is 0.0160. The number of ether oxygens (including phenoxy) is 1. The van der Waals surface area contributed by atoms with Gasteiger partial charge in [-0.1, -0.05) is 42.5 Å². The number of aliphatic carboxylic acids is 1. The number of para-hydroxylation sites is 1. The molecule has 6 heteroatoms. The topological polar surface area (TPSA) is 101 Å². The summed E-state index contributed by atoms with van der Waals surface area (Å²) in [6.45, 7) is 2.90. The van der Waals surface area contributed by atoms with Crippen molar-refractivity contribution in [1.29, 1.82) is 0 Å². The molecule has 0 aromatic heterocycles. The SMILES string of the molecule is CC(=O)Oc1ccccc1C(=O)O.CC(C(=O)O)c1ccccc1. The molecule has 0 fully saturated rings. The van der Waals surface area contributed by atoms with E-state index in [0.29, 0.717) is 0 Å². The molecule has 0 bridgehead atoms. The molecule has 2 aromatic rings. The van der Waals surface area contributed by atoms with E-state index in [4.69, 9.17) is 10.2 Å². The van der Waals surface area contributed by atoms with Crippen molar-refractivity contribution in [2.75, 3.05) is 0 Å². The van der Waals surface area contributed by atoms with Crippen LogP contribution in [0, 0.1) is 0 Å². The predicted molar refractivity (Wildman–Crippen MR) is 87.2 cm³/mol. The molecule has 2 aromatic carbocycles. The lowest BCUT2D eigenvalue weighted by Gasteiger charge is -2.04. The Hall–Kier alpha value is -3.15. The Bertz CT molecular complexity index is 708. The van der Waals surface area contributed by atoms with E-state index in [0.717, 1.165) is 5.56 Å². The van der Waals surface area contributed by atoms with Gasteiger partial charge in [0.2, 0.25) is 0 Å². The zero-order chi connectivity index (χ0) is 18.1. The van der Waals surface area contributed by atoms with E-state index in [-0.39, 0.29) is 11.3 Å². The van der Waals surface area contributed by atoms with Gasteiger partial charge in [0.15, 0.2) is 0 Å². The van der Waals surface area contributed by atoms with Crippen molar-refractivity contribution in [3.63, 3.8) is 0 Å². The fraction of sp³-hybridized carbons (Fsp3) is 0.167. The molecular weight excluding hydrogens is 312 g/mol. The van der Waals surface area contributed by atoms with Gasteiger partial charge in [0, 0.05) is 6.92 Å². The summed E-state index contributed by atoms with van der Waals surface area (Å²) in [7, 11) is 0. The highest BCUT2D eigenvalue weighted by Gasteiger charge is 2.12. The monoisotopic (exact) mass is 330 g/mol. The Morgan fingerprint density at radius 2 is 1.46 bits per heavy atom. The summed E-state index contributed by atoms with van der Waals surface area (Å²) in [5.74, 6) is -2.76. The Kier molecular flexibility index (Phi) is 7.16. The first-order valence-corrected chi connectivity index (χ1v) is 7.11. The van der Waals surface area contributed by atoms with Gasteiger partial charge in [-0.05, 0) is 24.6 Å². The zero-order valence-electron chi connectivity index (χ0n) is 13.3. The number of carboxylic acid groups (broad SMARTS) is 2. The van der Waals surface area contributed by atoms with Crippen molar-refractivity contribution >= 4 is 17.9 Å². The highest BCUT2D eigenvalue weighted by atomic mass is 16.5. The molecule has 1 unspecified atom stereocenters. The van der Waals surface area contributed by atoms with Crippen molar-refractivity contribution < 1.29 is 29.3 Å². The first-order chi connectivity index (χ1) is 11.3. The maximum absolute atomic E-state index is 10.6. The van der Waals surface area contributed by atoms with Gasteiger partial charge in [-0.3, -0.25) is 9.59 Å². The number of esters is 1. The average Bonchev–Trinajstić information content (AvgIpc) is 2.55. The number of benzene rings is 2. The van der Waals surface area contributed by atoms with Crippen LogP contribution in [0.4, 0.5) is 0 Å². The Balaban J connectivity index is 0.000000243. The van der Waals surface area contributed by atoms with Crippen molar-refractivity contribution in [1.82, 2.24) is 0 Å². The standard InChI is InChI=1S/C9H8O4.C9H10O2/c1-6(10)13-8-5-3-2-4-7(8)9(11)12;1-7(9(10)11)8-5-3-2-4-6-8/h2-5H,1H3,(H,11,12);2-7H,1H3,(H,10,11). The molecule has 0 saturated carbocycles. The smallest absolute Gasteiger partial charge is 0.339 e. The van der Waals surface area contributed by atoms with Crippen molar-refractivity contribution in [3.8, 4) is 5.75 Å². The molecule has 2 rings (SSSR count). The quantitative estimate of drug-likeness (QED) is 0.659. The molecule has 0 aliphatic heterocycles. The van der Waals surface area contributed by atoms with E-state index in [1.54, 1.807) is 19.1 Å². The fourth-order valence-corrected chi connectivity index (χ4v) is 1.77. The molecular formula is C18H18O6. The van der Waals surface area contributed by atoms with E-state index in [2.05, 4.69) is 4.74 Å². The Morgan fingerprint density at radius 3 is 1.96 bits per heavy atom. The normalized spacial score (nSPS) is 10.8. The molecule has 0 radical (unpaired) electrons. The second kappa shape index (κ2) is 9.09. The second-order valence-electron chi connectivity index (χ2n) is 4.87. The summed E-state index contributed by atoms with van der Waals surface area (Å²) in [6, 6.07) is 15.2. The molecule has 0 spiro atoms. The zero-order valence-corrected chi connectivity index (χ0v) is 13.3. The van der Waals surface area contributed by atoms with Crippen LogP contribution in [0.15, 0.2) is 54.6 Å². The third-order valence-electron chi connectivity index (χ3n) is 3.04. The number of carboxylic acids is 2. The minimum Gasteiger partial charge on any atom is -0.481 e. The molecule has 126 valence electrons. The van der Waals surface area contributed by atoms with Crippen LogP contribution < -0.4 is 4.74 Å². The Morgan fingerprint density at radius 1 is 0.917 bits per heavy atom. The Labute approximate surface area is 139 Å². The van der Waals surface area contributed by atoms with Crippen LogP contribution in [0.25, 0.3) is 0 Å². The van der Waals surface area contributed by atoms with E-state index >= 15 is 0 Å². The number of carbonyl (C=O) groups is 3. The van der Waals surface area contributed by atoms with Crippen LogP contribution in [0.5, 0.6) is 5.75 Å². The minimum atomic E-state index is -1.11. The molecule has 0 heterocycles. The molecule has 2 N–H and O–H groups in total. The van der Waals surface area contributed by atoms with Crippen molar-refractivity contribution in [3.05, 3.63) is 65.7 Å². The maximum atomic E-state index is 10.6. The largest absolute Gasteiger partial charge is 0.481 e. The van der Waals surface area contributed by atoms with Crippen molar-refractivity contribution in [2.45, 2.75) is 19.8 Å². The molecule has 6 nitrogen and oxygen atoms in total. The van der Waals surface area contributed by atoms with E-state index < -0.39 is 23.8 Å². The number of rotatable bonds is 4. The highest BCUT2D eigenvalue weighted by molar-refractivity contribution is 5.91. The summed E-state index contributed by atoms with van der Waals surface area (Å²) in [6.07, 6.45) is 0. The number of carbonyl (C=O) groups excluding carboxylic acids is 1. The van der Waals surface area contributed by atoms with Gasteiger partial charge in [-0.15, -0.1) is 0 Å². The van der Waals surface area contributed by atoms with Gasteiger partial charge in [-0.2, -0.15) is 0 Å². The third kappa shape index (κ3) is 5.92. The van der Waals surface area contributed by atoms with Crippen LogP contribution in [-0.2, 0) is 9.59 Å². The lowest BCUT2D eigenvalue weighted by Crippen LogP contribution is -2.06. The number of aromatic carboxylic acids is 1. The lowest BCUT2D eigenvalue weighted by atomic mass is 10.0. The molecule has 1 atom stereocenters. The summed E-state index contributed by atoms with van der Waals surface area (Å²) in [5, 5.41) is 17.3. The highest BCUT2D eigenvalue weighted by Crippen LogP contribution is 2.17. The lowest BCUT2D eigenvalue weighted by molar-refractivity contribution is -0.138. The summed E-state index contributed by atoms with van der Waals surface area (Å²) < 4.78 is 4.69. The summed E-state index contributed by atoms with van der Waals surface area (Å²) in [4.78, 5) is 31.7. The second-order valence-corrected chi connectivity index (χ2v) is 4.87. The fourth-order valence-electron chi connectivity index (χ4n) is 1.77. The third-order valence-corrected chi connectivity index (χ3v) is 3.04. The van der Waals surface area contributed by atoms with E-state index in [9.17, 15) is 14.4 Å². The first kappa shape index (κ1) is 18.9. The van der Waals surface area contributed by atoms with Crippen molar-refractivity contribution in [2.24, 2.45) is 0 Å². The van der Waals surface area contributed by atoms with Crippen LogP contribution in [0.2, 0.25) is 0 Å². The van der Waals surface area contributed by atoms with Gasteiger partial charge in [-0.25, -0.2) is 4.79 Å². The van der Waals surface area contributed by atoms with Gasteiger partial charge in [0.05, 0.1) is 5.92 Å². The summed E-state index contributed by atoms with van der Waals surface area (Å²) >= 11 is 0. The van der Waals surface area contributed by atoms with Crippen LogP contribution in [0.3, 0.4) is 0 Å². The molecule has 0 saturated heterocycles. The van der Waals surface area contributed by atoms with Crippen LogP contribution in [-0.4, -0.2) is 28.1 Å². The van der Waals surface area contributed by atoms with E-state index in [1.165, 1.54) is 19.1 Å². The van der Waals surface area contributed by atoms with Gasteiger partial charge in [0.25, 0.3) is 0 Å². The molecule has 0 aliphatic carbocycles. The maximum Gasteiger partial charge on any atom is 0.339 e. The summed E-state index contributed by atoms with van der Waals surface area (Å²) in [5.41, 5.74) is 0.831. The predicted octanol–water partition coefficient (Wildman–Crippen LogP) is 3.18. The van der Waals surface area contributed by atoms with Gasteiger partial charge < -0.3 is 14.9 Å². The van der Waals surface area contributed by atoms with Crippen LogP contribution in [0.1, 0.15) is 35.7 Å². The average molecular weight is 330 g/mol. The number of hydrogen-bond donors (Lipinski definition) is 2. The van der Waals surface area contributed by atoms with Crippen LogP contribution >= 0.6 is 0 Å². The number of hydrogen-bond acceptors (Lipinski definition) is 4. The molecule has 0 amide bonds. The molecule has 0 aliphatic rings.